The summed E-state index contributed by atoms with van der Waals surface area (Å²) >= 11 is 0. The van der Waals surface area contributed by atoms with E-state index in [1.54, 1.807) is 35.0 Å². The topological polar surface area (TPSA) is 105 Å². The van der Waals surface area contributed by atoms with Crippen LogP contribution in [0.25, 0.3) is 16.7 Å². The van der Waals surface area contributed by atoms with Gasteiger partial charge >= 0.3 is 0 Å². The maximum absolute atomic E-state index is 13.1. The highest BCUT2D eigenvalue weighted by Crippen LogP contribution is 2.12. The second kappa shape index (κ2) is 8.99. The van der Waals surface area contributed by atoms with E-state index in [4.69, 9.17) is 9.83 Å². The fraction of sp³-hybridized carbons (Fsp3) is 0.304. The summed E-state index contributed by atoms with van der Waals surface area (Å²) in [5.74, 6) is 0.184. The Labute approximate surface area is 178 Å². The minimum absolute atomic E-state index is 0.0492. The van der Waals surface area contributed by atoms with Gasteiger partial charge in [0.2, 0.25) is 0 Å². The molecule has 0 aliphatic rings. The fourth-order valence-corrected chi connectivity index (χ4v) is 3.65. The van der Waals surface area contributed by atoms with Gasteiger partial charge in [0, 0.05) is 12.7 Å². The predicted octanol–water partition coefficient (Wildman–Crippen LogP) is 3.23. The van der Waals surface area contributed by atoms with Crippen LogP contribution in [-0.4, -0.2) is 19.9 Å². The molecule has 0 radical (unpaired) electrons. The average Bonchev–Trinajstić information content (AvgIpc) is 3.30. The Morgan fingerprint density at radius 1 is 1.19 bits per heavy atom. The molecule has 0 bridgehead atoms. The first kappa shape index (κ1) is 20.6. The first-order chi connectivity index (χ1) is 15.1. The van der Waals surface area contributed by atoms with Gasteiger partial charge in [0.1, 0.15) is 22.5 Å². The fourth-order valence-electron chi connectivity index (χ4n) is 3.65. The van der Waals surface area contributed by atoms with E-state index in [9.17, 15) is 9.59 Å². The minimum Gasteiger partial charge on any atom is -0.467 e. The normalized spacial score (nSPS) is 11.3. The Hall–Kier alpha value is -3.68. The van der Waals surface area contributed by atoms with Crippen LogP contribution < -0.4 is 16.4 Å². The summed E-state index contributed by atoms with van der Waals surface area (Å²) in [4.78, 5) is 30.7. The van der Waals surface area contributed by atoms with Crippen molar-refractivity contribution in [1.29, 1.82) is 5.41 Å². The molecule has 0 aromatic carbocycles. The van der Waals surface area contributed by atoms with E-state index in [2.05, 4.69) is 17.2 Å². The first-order valence-electron chi connectivity index (χ1n) is 10.5. The number of nitrogens with zero attached hydrogens (tertiary/aromatic N) is 3. The second-order valence-corrected chi connectivity index (χ2v) is 7.46. The number of furan rings is 1. The number of amides is 1. The van der Waals surface area contributed by atoms with Gasteiger partial charge in [-0.1, -0.05) is 32.3 Å². The summed E-state index contributed by atoms with van der Waals surface area (Å²) in [5, 5.41) is 11.8. The van der Waals surface area contributed by atoms with Gasteiger partial charge < -0.3 is 14.3 Å². The van der Waals surface area contributed by atoms with Crippen molar-refractivity contribution in [2.45, 2.75) is 45.7 Å². The number of aromatic nitrogens is 3. The number of hydrogen-bond acceptors (Lipinski definition) is 5. The number of nitrogens with one attached hydrogen (secondary N) is 2. The van der Waals surface area contributed by atoms with Gasteiger partial charge in [-0.25, -0.2) is 4.98 Å². The Bertz CT molecular complexity index is 1340. The van der Waals surface area contributed by atoms with Crippen molar-refractivity contribution >= 4 is 22.6 Å². The van der Waals surface area contributed by atoms with Crippen molar-refractivity contribution in [3.05, 3.63) is 76.0 Å². The van der Waals surface area contributed by atoms with Crippen molar-refractivity contribution in [2.75, 3.05) is 0 Å². The van der Waals surface area contributed by atoms with Gasteiger partial charge in [-0.3, -0.25) is 19.4 Å². The molecule has 1 amide bonds. The molecule has 4 rings (SSSR count). The highest BCUT2D eigenvalue weighted by atomic mass is 16.3. The monoisotopic (exact) mass is 419 g/mol. The van der Waals surface area contributed by atoms with E-state index in [0.717, 1.165) is 25.7 Å². The zero-order valence-electron chi connectivity index (χ0n) is 17.4. The van der Waals surface area contributed by atoms with Gasteiger partial charge in [-0.05, 0) is 36.8 Å². The van der Waals surface area contributed by atoms with E-state index in [-0.39, 0.29) is 23.2 Å². The number of rotatable bonds is 8. The lowest BCUT2D eigenvalue weighted by Gasteiger charge is -2.14. The van der Waals surface area contributed by atoms with Crippen LogP contribution in [0.1, 0.15) is 48.7 Å². The summed E-state index contributed by atoms with van der Waals surface area (Å²) in [6.07, 6.45) is 7.22. The van der Waals surface area contributed by atoms with Crippen LogP contribution in [0.15, 0.2) is 58.1 Å². The molecule has 8 nitrogen and oxygen atoms in total. The first-order valence-corrected chi connectivity index (χ1v) is 10.5. The summed E-state index contributed by atoms with van der Waals surface area (Å²) in [6, 6.07) is 10.3. The summed E-state index contributed by atoms with van der Waals surface area (Å²) in [5.41, 5.74) is 0.873. The zero-order valence-corrected chi connectivity index (χ0v) is 17.4. The second-order valence-electron chi connectivity index (χ2n) is 7.46. The van der Waals surface area contributed by atoms with Crippen LogP contribution in [-0.2, 0) is 13.1 Å². The smallest absolute Gasteiger partial charge is 0.267 e. The number of fused-ring (bicyclic) bond motifs is 2. The summed E-state index contributed by atoms with van der Waals surface area (Å²) < 4.78 is 8.40. The summed E-state index contributed by atoms with van der Waals surface area (Å²) in [7, 11) is 0. The molecule has 0 saturated heterocycles. The third kappa shape index (κ3) is 4.14. The van der Waals surface area contributed by atoms with Crippen LogP contribution in [0.3, 0.4) is 0 Å². The minimum atomic E-state index is -0.428. The largest absolute Gasteiger partial charge is 0.467 e. The number of unbranched alkanes of at least 4 members (excludes halogenated alkanes) is 3. The average molecular weight is 419 g/mol. The Morgan fingerprint density at radius 2 is 2.06 bits per heavy atom. The maximum Gasteiger partial charge on any atom is 0.267 e. The van der Waals surface area contributed by atoms with Gasteiger partial charge in [-0.2, -0.15) is 0 Å². The molecule has 2 N–H and O–H groups in total. The van der Waals surface area contributed by atoms with Crippen LogP contribution in [0.2, 0.25) is 0 Å². The number of hydrogen-bond donors (Lipinski definition) is 2. The highest BCUT2D eigenvalue weighted by Gasteiger charge is 2.17. The quantitative estimate of drug-likeness (QED) is 0.338. The van der Waals surface area contributed by atoms with Crippen molar-refractivity contribution in [2.24, 2.45) is 0 Å². The molecule has 160 valence electrons. The standard InChI is InChI=1S/C23H25N5O3/c1-2-3-4-6-12-28-20(24)17(22(29)25-15-16-9-8-13-31-16)14-18-21(28)26-19-10-5-7-11-27(19)23(18)30/h5,7-11,13-14,24H,2-4,6,12,15H2,1H3,(H,25,29). The van der Waals surface area contributed by atoms with Crippen molar-refractivity contribution < 1.29 is 9.21 Å². The van der Waals surface area contributed by atoms with E-state index in [1.165, 1.54) is 16.7 Å². The lowest BCUT2D eigenvalue weighted by atomic mass is 10.1. The molecule has 0 aliphatic heterocycles. The molecule has 0 fully saturated rings. The molecule has 4 heterocycles. The van der Waals surface area contributed by atoms with E-state index >= 15 is 0 Å². The van der Waals surface area contributed by atoms with E-state index < -0.39 is 5.91 Å². The third-order valence-corrected chi connectivity index (χ3v) is 5.30. The van der Waals surface area contributed by atoms with Crippen LogP contribution in [0, 0.1) is 5.41 Å². The number of aryl methyl sites for hydroxylation is 1. The molecule has 0 aliphatic carbocycles. The highest BCUT2D eigenvalue weighted by molar-refractivity contribution is 5.96. The molecule has 8 heteroatoms. The zero-order chi connectivity index (χ0) is 21.8. The Kier molecular flexibility index (Phi) is 5.97. The van der Waals surface area contributed by atoms with Gasteiger partial charge in [0.25, 0.3) is 11.5 Å². The predicted molar refractivity (Wildman–Crippen MR) is 117 cm³/mol. The molecule has 0 spiro atoms. The lowest BCUT2D eigenvalue weighted by molar-refractivity contribution is 0.0945. The van der Waals surface area contributed by atoms with Crippen LogP contribution in [0.4, 0.5) is 0 Å². The van der Waals surface area contributed by atoms with Crippen LogP contribution >= 0.6 is 0 Å². The van der Waals surface area contributed by atoms with E-state index in [1.807, 2.05) is 6.07 Å². The SMILES string of the molecule is CCCCCCn1c(=N)c(C(=O)NCc2ccco2)cc2c(=O)n3ccccc3nc21. The van der Waals surface area contributed by atoms with Crippen molar-refractivity contribution in [1.82, 2.24) is 19.3 Å². The lowest BCUT2D eigenvalue weighted by Crippen LogP contribution is -2.34. The Balaban J connectivity index is 1.81. The van der Waals surface area contributed by atoms with E-state index in [0.29, 0.717) is 29.0 Å². The number of carbonyl (C=O) groups is 1. The van der Waals surface area contributed by atoms with Gasteiger partial charge in [0.15, 0.2) is 0 Å². The van der Waals surface area contributed by atoms with Crippen molar-refractivity contribution in [3.8, 4) is 0 Å². The number of carbonyl (C=O) groups excluding carboxylic acids is 1. The van der Waals surface area contributed by atoms with Gasteiger partial charge in [-0.15, -0.1) is 0 Å². The molecule has 0 atom stereocenters. The van der Waals surface area contributed by atoms with Crippen LogP contribution in [0.5, 0.6) is 0 Å². The van der Waals surface area contributed by atoms with Gasteiger partial charge in [0.05, 0.1) is 23.8 Å². The Morgan fingerprint density at radius 3 is 2.84 bits per heavy atom. The molecule has 4 aromatic heterocycles. The molecular formula is C23H25N5O3. The molecule has 0 saturated carbocycles. The molecule has 0 unspecified atom stereocenters. The number of pyridine rings is 2. The molecule has 4 aromatic rings. The summed E-state index contributed by atoms with van der Waals surface area (Å²) in [6.45, 7) is 2.86. The maximum atomic E-state index is 13.1. The third-order valence-electron chi connectivity index (χ3n) is 5.30. The molecular weight excluding hydrogens is 394 g/mol. The van der Waals surface area contributed by atoms with Crippen molar-refractivity contribution in [3.63, 3.8) is 0 Å². The molecule has 31 heavy (non-hydrogen) atoms.